The number of carbonyl (C=O) groups is 1. The molecule has 1 fully saturated rings. The van der Waals surface area contributed by atoms with Gasteiger partial charge in [-0.1, -0.05) is 31.5 Å². The van der Waals surface area contributed by atoms with Gasteiger partial charge >= 0.3 is 0 Å². The largest absolute Gasteiger partial charge is 0.386 e. The van der Waals surface area contributed by atoms with Gasteiger partial charge in [-0.25, -0.2) is 0 Å². The van der Waals surface area contributed by atoms with Gasteiger partial charge in [-0.05, 0) is 24.5 Å². The van der Waals surface area contributed by atoms with E-state index < -0.39 is 5.60 Å². The van der Waals surface area contributed by atoms with E-state index in [1.807, 2.05) is 12.1 Å². The summed E-state index contributed by atoms with van der Waals surface area (Å²) in [6.45, 7) is 3.08. The van der Waals surface area contributed by atoms with Gasteiger partial charge in [-0.15, -0.1) is 11.8 Å². The summed E-state index contributed by atoms with van der Waals surface area (Å²) < 4.78 is 0. The predicted molar refractivity (Wildman–Crippen MR) is 76.2 cm³/mol. The van der Waals surface area contributed by atoms with Crippen LogP contribution in [0.5, 0.6) is 0 Å². The summed E-state index contributed by atoms with van der Waals surface area (Å²) in [6.07, 6.45) is 2.57. The molecule has 2 aliphatic rings. The number of aliphatic hydroxyl groups is 1. The fourth-order valence-corrected chi connectivity index (χ4v) is 4.25. The highest BCUT2D eigenvalue weighted by Gasteiger charge is 2.45. The van der Waals surface area contributed by atoms with Crippen LogP contribution in [-0.2, 0) is 11.2 Å². The SMILES string of the molecule is CCCC1(O)CN(C(=O)C2Cc3ccccc3S2)C1. The maximum absolute atomic E-state index is 12.4. The number of β-amino-alcohol motifs (C(OH)–C–C–N with tert-alkyl or cyclic N) is 1. The second kappa shape index (κ2) is 4.84. The fraction of sp³-hybridized carbons (Fsp3) is 0.533. The molecule has 19 heavy (non-hydrogen) atoms. The first kappa shape index (κ1) is 13.0. The molecule has 4 heteroatoms. The van der Waals surface area contributed by atoms with E-state index >= 15 is 0 Å². The van der Waals surface area contributed by atoms with Gasteiger partial charge in [0.2, 0.25) is 5.91 Å². The van der Waals surface area contributed by atoms with Gasteiger partial charge < -0.3 is 10.0 Å². The van der Waals surface area contributed by atoms with Crippen LogP contribution in [-0.4, -0.2) is 39.9 Å². The molecule has 1 atom stereocenters. The minimum Gasteiger partial charge on any atom is -0.386 e. The van der Waals surface area contributed by atoms with Crippen LogP contribution < -0.4 is 0 Å². The molecule has 2 heterocycles. The lowest BCUT2D eigenvalue weighted by atomic mass is 9.89. The van der Waals surface area contributed by atoms with E-state index in [4.69, 9.17) is 0 Å². The van der Waals surface area contributed by atoms with Crippen LogP contribution in [0, 0.1) is 0 Å². The number of amides is 1. The number of fused-ring (bicyclic) bond motifs is 1. The first-order valence-electron chi connectivity index (χ1n) is 6.87. The number of nitrogens with zero attached hydrogens (tertiary/aromatic N) is 1. The van der Waals surface area contributed by atoms with Gasteiger partial charge in [-0.3, -0.25) is 4.79 Å². The molecule has 0 saturated carbocycles. The Kier molecular flexibility index (Phi) is 3.31. The monoisotopic (exact) mass is 277 g/mol. The zero-order valence-corrected chi connectivity index (χ0v) is 11.9. The molecule has 3 nitrogen and oxygen atoms in total. The van der Waals surface area contributed by atoms with Crippen LogP contribution in [0.4, 0.5) is 0 Å². The topological polar surface area (TPSA) is 40.5 Å². The molecule has 0 radical (unpaired) electrons. The number of carbonyl (C=O) groups excluding carboxylic acids is 1. The third-order valence-electron chi connectivity index (χ3n) is 3.92. The molecular formula is C15H19NO2S. The molecule has 1 N–H and O–H groups in total. The third-order valence-corrected chi connectivity index (χ3v) is 5.22. The first-order chi connectivity index (χ1) is 9.11. The van der Waals surface area contributed by atoms with E-state index in [1.54, 1.807) is 16.7 Å². The summed E-state index contributed by atoms with van der Waals surface area (Å²) in [6, 6.07) is 8.22. The van der Waals surface area contributed by atoms with Crippen molar-refractivity contribution in [2.24, 2.45) is 0 Å². The number of hydrogen-bond donors (Lipinski definition) is 1. The average molecular weight is 277 g/mol. The molecule has 102 valence electrons. The van der Waals surface area contributed by atoms with Crippen molar-refractivity contribution < 1.29 is 9.90 Å². The zero-order chi connectivity index (χ0) is 13.5. The van der Waals surface area contributed by atoms with E-state index in [-0.39, 0.29) is 11.2 Å². The lowest BCUT2D eigenvalue weighted by Crippen LogP contribution is -2.64. The third kappa shape index (κ3) is 2.39. The van der Waals surface area contributed by atoms with Gasteiger partial charge in [0.25, 0.3) is 0 Å². The van der Waals surface area contributed by atoms with Gasteiger partial charge in [0.05, 0.1) is 23.9 Å². The van der Waals surface area contributed by atoms with Gasteiger partial charge in [-0.2, -0.15) is 0 Å². The minimum absolute atomic E-state index is 0.00331. The fourth-order valence-electron chi connectivity index (χ4n) is 2.97. The first-order valence-corrected chi connectivity index (χ1v) is 7.75. The number of likely N-dealkylation sites (tertiary alicyclic amines) is 1. The van der Waals surface area contributed by atoms with Crippen molar-refractivity contribution in [1.29, 1.82) is 0 Å². The van der Waals surface area contributed by atoms with Gasteiger partial charge in [0.15, 0.2) is 0 Å². The Hall–Kier alpha value is -1.00. The van der Waals surface area contributed by atoms with Gasteiger partial charge in [0.1, 0.15) is 0 Å². The molecule has 1 aromatic carbocycles. The smallest absolute Gasteiger partial charge is 0.236 e. The van der Waals surface area contributed by atoms with Crippen LogP contribution in [0.1, 0.15) is 25.3 Å². The number of thioether (sulfide) groups is 1. The van der Waals surface area contributed by atoms with Gasteiger partial charge in [0, 0.05) is 4.90 Å². The van der Waals surface area contributed by atoms with Crippen molar-refractivity contribution in [2.45, 2.75) is 41.9 Å². The Bertz CT molecular complexity index is 472. The van der Waals surface area contributed by atoms with Crippen LogP contribution in [0.2, 0.25) is 0 Å². The zero-order valence-electron chi connectivity index (χ0n) is 11.1. The van der Waals surface area contributed by atoms with E-state index in [0.29, 0.717) is 13.1 Å². The molecular weight excluding hydrogens is 258 g/mol. The van der Waals surface area contributed by atoms with Crippen LogP contribution in [0.3, 0.4) is 0 Å². The van der Waals surface area contributed by atoms with Crippen molar-refractivity contribution >= 4 is 17.7 Å². The van der Waals surface area contributed by atoms with E-state index in [9.17, 15) is 9.90 Å². The molecule has 0 aliphatic carbocycles. The quantitative estimate of drug-likeness (QED) is 0.919. The highest BCUT2D eigenvalue weighted by Crippen LogP contribution is 2.39. The molecule has 0 aromatic heterocycles. The Morgan fingerprint density at radius 3 is 2.89 bits per heavy atom. The van der Waals surface area contributed by atoms with E-state index in [0.717, 1.165) is 19.3 Å². The summed E-state index contributed by atoms with van der Waals surface area (Å²) in [5.74, 6) is 0.182. The number of rotatable bonds is 3. The lowest BCUT2D eigenvalue weighted by Gasteiger charge is -2.47. The molecule has 1 unspecified atom stereocenters. The highest BCUT2D eigenvalue weighted by molar-refractivity contribution is 8.01. The molecule has 0 spiro atoms. The molecule has 0 bridgehead atoms. The Labute approximate surface area is 118 Å². The van der Waals surface area contributed by atoms with Crippen LogP contribution >= 0.6 is 11.8 Å². The number of benzene rings is 1. The van der Waals surface area contributed by atoms with Crippen molar-refractivity contribution in [3.8, 4) is 0 Å². The van der Waals surface area contributed by atoms with Crippen molar-refractivity contribution in [3.05, 3.63) is 29.8 Å². The molecule has 3 rings (SSSR count). The second-order valence-corrected chi connectivity index (χ2v) is 6.83. The van der Waals surface area contributed by atoms with Crippen LogP contribution in [0.15, 0.2) is 29.2 Å². The Morgan fingerprint density at radius 2 is 2.21 bits per heavy atom. The summed E-state index contributed by atoms with van der Waals surface area (Å²) >= 11 is 1.66. The average Bonchev–Trinajstić information content (AvgIpc) is 2.79. The maximum atomic E-state index is 12.4. The summed E-state index contributed by atoms with van der Waals surface area (Å²) in [4.78, 5) is 15.4. The Balaban J connectivity index is 1.60. The molecule has 1 amide bonds. The number of hydrogen-bond acceptors (Lipinski definition) is 3. The highest BCUT2D eigenvalue weighted by atomic mass is 32.2. The summed E-state index contributed by atoms with van der Waals surface area (Å²) in [5.41, 5.74) is 0.649. The van der Waals surface area contributed by atoms with E-state index in [1.165, 1.54) is 10.5 Å². The Morgan fingerprint density at radius 1 is 1.47 bits per heavy atom. The summed E-state index contributed by atoms with van der Waals surface area (Å²) in [5, 5.41) is 10.1. The van der Waals surface area contributed by atoms with Crippen molar-refractivity contribution in [2.75, 3.05) is 13.1 Å². The van der Waals surface area contributed by atoms with Crippen LogP contribution in [0.25, 0.3) is 0 Å². The second-order valence-electron chi connectivity index (χ2n) is 5.59. The normalized spacial score (nSPS) is 23.9. The lowest BCUT2D eigenvalue weighted by molar-refractivity contribution is -0.155. The maximum Gasteiger partial charge on any atom is 0.236 e. The van der Waals surface area contributed by atoms with Crippen molar-refractivity contribution in [3.63, 3.8) is 0 Å². The standard InChI is InChI=1S/C15H19NO2S/c1-2-7-15(18)9-16(10-15)14(17)13-8-11-5-3-4-6-12(11)19-13/h3-6,13,18H,2,7-10H2,1H3. The molecule has 1 saturated heterocycles. The summed E-state index contributed by atoms with van der Waals surface area (Å²) in [7, 11) is 0. The molecule has 1 aromatic rings. The predicted octanol–water partition coefficient (Wildman–Crippen LogP) is 2.08. The van der Waals surface area contributed by atoms with E-state index in [2.05, 4.69) is 19.1 Å². The minimum atomic E-state index is -0.624. The molecule has 2 aliphatic heterocycles. The van der Waals surface area contributed by atoms with Crippen molar-refractivity contribution in [1.82, 2.24) is 4.90 Å².